The van der Waals surface area contributed by atoms with Crippen LogP contribution in [0, 0.1) is 5.41 Å². The minimum Gasteiger partial charge on any atom is -0.466 e. The fraction of sp³-hybridized carbons (Fsp3) is 0.643. The smallest absolute Gasteiger partial charge is 0.311 e. The third-order valence-electron chi connectivity index (χ3n) is 3.73. The van der Waals surface area contributed by atoms with E-state index in [2.05, 4.69) is 10.3 Å². The van der Waals surface area contributed by atoms with Gasteiger partial charge in [-0.3, -0.25) is 9.59 Å². The van der Waals surface area contributed by atoms with Gasteiger partial charge in [-0.25, -0.2) is 4.98 Å². The van der Waals surface area contributed by atoms with Crippen molar-refractivity contribution in [1.82, 2.24) is 4.98 Å². The van der Waals surface area contributed by atoms with E-state index in [1.54, 1.807) is 12.3 Å². The molecule has 0 atom stereocenters. The van der Waals surface area contributed by atoms with Gasteiger partial charge in [0, 0.05) is 25.1 Å². The van der Waals surface area contributed by atoms with Crippen molar-refractivity contribution < 1.29 is 19.1 Å². The van der Waals surface area contributed by atoms with Crippen molar-refractivity contribution in [3.63, 3.8) is 0 Å². The number of hydrogen-bond donors (Lipinski definition) is 2. The van der Waals surface area contributed by atoms with Gasteiger partial charge in [0.05, 0.1) is 24.1 Å². The van der Waals surface area contributed by atoms with Crippen LogP contribution in [-0.2, 0) is 25.5 Å². The molecule has 1 aliphatic heterocycles. The van der Waals surface area contributed by atoms with Crippen LogP contribution < -0.4 is 11.1 Å². The summed E-state index contributed by atoms with van der Waals surface area (Å²) in [7, 11) is 0. The fourth-order valence-corrected chi connectivity index (χ4v) is 3.03. The number of ether oxygens (including phenoxy) is 2. The van der Waals surface area contributed by atoms with Crippen LogP contribution >= 0.6 is 11.3 Å². The lowest BCUT2D eigenvalue weighted by Crippen LogP contribution is -2.46. The number of aromatic nitrogens is 1. The van der Waals surface area contributed by atoms with Gasteiger partial charge in [-0.1, -0.05) is 0 Å². The number of anilines is 1. The number of amides is 1. The Morgan fingerprint density at radius 2 is 2.23 bits per heavy atom. The zero-order chi connectivity index (χ0) is 16.0. The van der Waals surface area contributed by atoms with Gasteiger partial charge in [0.1, 0.15) is 0 Å². The van der Waals surface area contributed by atoms with E-state index in [0.717, 1.165) is 0 Å². The second-order valence-electron chi connectivity index (χ2n) is 5.18. The van der Waals surface area contributed by atoms with Gasteiger partial charge < -0.3 is 20.5 Å². The van der Waals surface area contributed by atoms with Crippen molar-refractivity contribution in [2.75, 3.05) is 31.7 Å². The van der Waals surface area contributed by atoms with E-state index in [0.29, 0.717) is 43.5 Å². The van der Waals surface area contributed by atoms with Gasteiger partial charge in [0.25, 0.3) is 0 Å². The first kappa shape index (κ1) is 16.9. The number of rotatable bonds is 6. The summed E-state index contributed by atoms with van der Waals surface area (Å²) in [5.74, 6) is -0.455. The molecule has 0 aliphatic carbocycles. The summed E-state index contributed by atoms with van der Waals surface area (Å²) >= 11 is 1.29. The zero-order valence-corrected chi connectivity index (χ0v) is 13.4. The molecule has 2 heterocycles. The zero-order valence-electron chi connectivity index (χ0n) is 12.6. The number of thiazole rings is 1. The summed E-state index contributed by atoms with van der Waals surface area (Å²) in [6.45, 7) is 3.45. The Labute approximate surface area is 133 Å². The molecule has 1 fully saturated rings. The molecule has 122 valence electrons. The molecule has 0 saturated carbocycles. The van der Waals surface area contributed by atoms with Crippen LogP contribution in [0.2, 0.25) is 0 Å². The standard InChI is InChI=1S/C14H21N3O4S/c1-2-21-11(18)7-10-8-22-13(16-10)17-12(19)14(9-15)3-5-20-6-4-14/h8H,2-7,9,15H2,1H3,(H,16,17,19). The highest BCUT2D eigenvalue weighted by atomic mass is 32.1. The third-order valence-corrected chi connectivity index (χ3v) is 4.53. The molecule has 0 aromatic carbocycles. The normalized spacial score (nSPS) is 17.0. The highest BCUT2D eigenvalue weighted by Crippen LogP contribution is 2.31. The molecule has 22 heavy (non-hydrogen) atoms. The lowest BCUT2D eigenvalue weighted by atomic mass is 9.79. The van der Waals surface area contributed by atoms with Crippen molar-refractivity contribution in [3.05, 3.63) is 11.1 Å². The molecule has 8 heteroatoms. The quantitative estimate of drug-likeness (QED) is 0.754. The number of nitrogens with one attached hydrogen (secondary N) is 1. The first-order valence-corrected chi connectivity index (χ1v) is 8.17. The number of nitrogens with two attached hydrogens (primary N) is 1. The van der Waals surface area contributed by atoms with Crippen LogP contribution in [-0.4, -0.2) is 43.2 Å². The van der Waals surface area contributed by atoms with Crippen LogP contribution in [0.5, 0.6) is 0 Å². The van der Waals surface area contributed by atoms with E-state index < -0.39 is 5.41 Å². The Hall–Kier alpha value is -1.51. The average Bonchev–Trinajstić information content (AvgIpc) is 2.95. The number of esters is 1. The summed E-state index contributed by atoms with van der Waals surface area (Å²) in [5, 5.41) is 5.03. The molecule has 0 unspecified atom stereocenters. The minimum absolute atomic E-state index is 0.107. The molecule has 1 amide bonds. The van der Waals surface area contributed by atoms with Gasteiger partial charge in [0.15, 0.2) is 5.13 Å². The van der Waals surface area contributed by atoms with E-state index >= 15 is 0 Å². The summed E-state index contributed by atoms with van der Waals surface area (Å²) in [4.78, 5) is 28.1. The average molecular weight is 327 g/mol. The van der Waals surface area contributed by atoms with Gasteiger partial charge >= 0.3 is 5.97 Å². The first-order chi connectivity index (χ1) is 10.6. The van der Waals surface area contributed by atoms with Crippen molar-refractivity contribution in [2.24, 2.45) is 11.1 Å². The van der Waals surface area contributed by atoms with Crippen molar-refractivity contribution in [1.29, 1.82) is 0 Å². The topological polar surface area (TPSA) is 104 Å². The van der Waals surface area contributed by atoms with Gasteiger partial charge in [0.2, 0.25) is 5.91 Å². The maximum Gasteiger partial charge on any atom is 0.311 e. The molecule has 1 saturated heterocycles. The molecule has 0 bridgehead atoms. The summed E-state index contributed by atoms with van der Waals surface area (Å²) < 4.78 is 10.2. The molecular formula is C14H21N3O4S. The number of carbonyl (C=O) groups is 2. The van der Waals surface area contributed by atoms with Crippen molar-refractivity contribution in [2.45, 2.75) is 26.2 Å². The second kappa shape index (κ2) is 7.66. The van der Waals surface area contributed by atoms with Crippen LogP contribution in [0.3, 0.4) is 0 Å². The SMILES string of the molecule is CCOC(=O)Cc1csc(NC(=O)C2(CN)CCOCC2)n1. The molecule has 1 aromatic rings. The molecule has 0 spiro atoms. The van der Waals surface area contributed by atoms with E-state index in [1.165, 1.54) is 11.3 Å². The predicted molar refractivity (Wildman–Crippen MR) is 82.6 cm³/mol. The molecule has 3 N–H and O–H groups in total. The Balaban J connectivity index is 1.97. The highest BCUT2D eigenvalue weighted by Gasteiger charge is 2.39. The molecule has 2 rings (SSSR count). The molecular weight excluding hydrogens is 306 g/mol. The van der Waals surface area contributed by atoms with Crippen LogP contribution in [0.25, 0.3) is 0 Å². The van der Waals surface area contributed by atoms with E-state index in [9.17, 15) is 9.59 Å². The van der Waals surface area contributed by atoms with Crippen molar-refractivity contribution in [3.8, 4) is 0 Å². The molecule has 7 nitrogen and oxygen atoms in total. The molecule has 0 radical (unpaired) electrons. The molecule has 1 aliphatic rings. The van der Waals surface area contributed by atoms with Crippen LogP contribution in [0.15, 0.2) is 5.38 Å². The maximum absolute atomic E-state index is 12.5. The van der Waals surface area contributed by atoms with Gasteiger partial charge in [-0.15, -0.1) is 11.3 Å². The lowest BCUT2D eigenvalue weighted by molar-refractivity contribution is -0.142. The largest absolute Gasteiger partial charge is 0.466 e. The predicted octanol–water partition coefficient (Wildman–Crippen LogP) is 0.943. The lowest BCUT2D eigenvalue weighted by Gasteiger charge is -2.34. The van der Waals surface area contributed by atoms with E-state index in [-0.39, 0.29) is 24.8 Å². The summed E-state index contributed by atoms with van der Waals surface area (Å²) in [6.07, 6.45) is 1.32. The van der Waals surface area contributed by atoms with E-state index in [1.807, 2.05) is 0 Å². The number of carbonyl (C=O) groups excluding carboxylic acids is 2. The summed E-state index contributed by atoms with van der Waals surface area (Å²) in [6, 6.07) is 0. The number of hydrogen-bond acceptors (Lipinski definition) is 7. The number of nitrogens with zero attached hydrogens (tertiary/aromatic N) is 1. The van der Waals surface area contributed by atoms with Crippen molar-refractivity contribution >= 4 is 28.3 Å². The van der Waals surface area contributed by atoms with Crippen LogP contribution in [0.4, 0.5) is 5.13 Å². The molecule has 1 aromatic heterocycles. The van der Waals surface area contributed by atoms with E-state index in [4.69, 9.17) is 15.2 Å². The highest BCUT2D eigenvalue weighted by molar-refractivity contribution is 7.13. The minimum atomic E-state index is -0.592. The maximum atomic E-state index is 12.5. The second-order valence-corrected chi connectivity index (χ2v) is 6.03. The van der Waals surface area contributed by atoms with Gasteiger partial charge in [-0.05, 0) is 19.8 Å². The monoisotopic (exact) mass is 327 g/mol. The Morgan fingerprint density at radius 1 is 1.50 bits per heavy atom. The Bertz CT molecular complexity index is 526. The first-order valence-electron chi connectivity index (χ1n) is 7.29. The summed E-state index contributed by atoms with van der Waals surface area (Å²) in [5.41, 5.74) is 5.80. The Morgan fingerprint density at radius 3 is 2.86 bits per heavy atom. The Kier molecular flexibility index (Phi) is 5.87. The van der Waals surface area contributed by atoms with Crippen LogP contribution in [0.1, 0.15) is 25.5 Å². The van der Waals surface area contributed by atoms with Gasteiger partial charge in [-0.2, -0.15) is 0 Å². The third kappa shape index (κ3) is 4.02. The fourth-order valence-electron chi connectivity index (χ4n) is 2.32.